The Hall–Kier alpha value is -0.880. The van der Waals surface area contributed by atoms with Crippen LogP contribution in [0.2, 0.25) is 0 Å². The highest BCUT2D eigenvalue weighted by molar-refractivity contribution is 7.71. The Morgan fingerprint density at radius 2 is 2.12 bits per heavy atom. The quantitative estimate of drug-likeness (QED) is 0.787. The van der Waals surface area contributed by atoms with Gasteiger partial charge in [-0.2, -0.15) is 0 Å². The molecule has 2 rings (SSSR count). The predicted octanol–water partition coefficient (Wildman–Crippen LogP) is 1.10. The van der Waals surface area contributed by atoms with Gasteiger partial charge >= 0.3 is 0 Å². The Labute approximate surface area is 101 Å². The highest BCUT2D eigenvalue weighted by atomic mass is 32.1. The van der Waals surface area contributed by atoms with Crippen LogP contribution in [0.25, 0.3) is 0 Å². The molecule has 0 aromatic carbocycles. The number of likely N-dealkylation sites (N-methyl/N-ethyl adjacent to an activating group) is 1. The average molecular weight is 241 g/mol. The van der Waals surface area contributed by atoms with Crippen LogP contribution >= 0.6 is 12.2 Å². The molecule has 6 heteroatoms. The maximum atomic E-state index is 5.21. The van der Waals surface area contributed by atoms with Gasteiger partial charge in [0.15, 0.2) is 4.77 Å². The Morgan fingerprint density at radius 3 is 2.88 bits per heavy atom. The summed E-state index contributed by atoms with van der Waals surface area (Å²) in [6.45, 7) is 7.30. The molecule has 1 fully saturated rings. The molecule has 5 nitrogen and oxygen atoms in total. The number of nitrogens with zero attached hydrogens (tertiary/aromatic N) is 4. The summed E-state index contributed by atoms with van der Waals surface area (Å²) in [5.74, 6) is 0.989. The number of anilines is 1. The van der Waals surface area contributed by atoms with Crippen LogP contribution in [0, 0.1) is 4.77 Å². The third kappa shape index (κ3) is 2.27. The molecule has 0 bridgehead atoms. The van der Waals surface area contributed by atoms with Crippen LogP contribution in [-0.4, -0.2) is 52.9 Å². The predicted molar refractivity (Wildman–Crippen MR) is 67.4 cm³/mol. The second-order valence-electron chi connectivity index (χ2n) is 4.22. The lowest BCUT2D eigenvalue weighted by Gasteiger charge is -2.21. The van der Waals surface area contributed by atoms with Crippen molar-refractivity contribution >= 4 is 18.2 Å². The largest absolute Gasteiger partial charge is 0.340 e. The first kappa shape index (κ1) is 11.6. The van der Waals surface area contributed by atoms with Gasteiger partial charge in [0.2, 0.25) is 5.95 Å². The maximum absolute atomic E-state index is 5.21. The molecule has 16 heavy (non-hydrogen) atoms. The summed E-state index contributed by atoms with van der Waals surface area (Å²) in [5.41, 5.74) is 0. The van der Waals surface area contributed by atoms with Gasteiger partial charge in [0.1, 0.15) is 0 Å². The summed E-state index contributed by atoms with van der Waals surface area (Å²) in [6.07, 6.45) is 1.18. The summed E-state index contributed by atoms with van der Waals surface area (Å²) in [4.78, 5) is 4.68. The molecule has 2 heterocycles. The van der Waals surface area contributed by atoms with E-state index < -0.39 is 0 Å². The van der Waals surface area contributed by atoms with Crippen molar-refractivity contribution < 1.29 is 0 Å². The van der Waals surface area contributed by atoms with E-state index in [1.807, 2.05) is 0 Å². The number of nitrogens with one attached hydrogen (secondary N) is 1. The summed E-state index contributed by atoms with van der Waals surface area (Å²) < 4.78 is 2.77. The zero-order valence-corrected chi connectivity index (χ0v) is 10.8. The van der Waals surface area contributed by atoms with Crippen LogP contribution in [0.3, 0.4) is 0 Å². The Kier molecular flexibility index (Phi) is 3.60. The zero-order valence-electron chi connectivity index (χ0n) is 9.94. The van der Waals surface area contributed by atoms with Crippen LogP contribution in [0.4, 0.5) is 5.95 Å². The number of hydrogen-bond acceptors (Lipinski definition) is 4. The standard InChI is InChI=1S/C10H19N5S/c1-3-15-9(11-12-10(15)16)14-6-4-5-13(2)7-8-14/h3-8H2,1-2H3,(H,12,16). The minimum atomic E-state index is 0.718. The van der Waals surface area contributed by atoms with Crippen LogP contribution in [0.15, 0.2) is 0 Å². The molecule has 1 saturated heterocycles. The van der Waals surface area contributed by atoms with Crippen molar-refractivity contribution in [3.8, 4) is 0 Å². The third-order valence-electron chi connectivity index (χ3n) is 3.06. The molecular formula is C10H19N5S. The fourth-order valence-corrected chi connectivity index (χ4v) is 2.34. The van der Waals surface area contributed by atoms with Gasteiger partial charge in [-0.1, -0.05) is 0 Å². The minimum Gasteiger partial charge on any atom is -0.340 e. The van der Waals surface area contributed by atoms with Gasteiger partial charge in [0.25, 0.3) is 0 Å². The van der Waals surface area contributed by atoms with Crippen LogP contribution in [0.5, 0.6) is 0 Å². The van der Waals surface area contributed by atoms with E-state index in [9.17, 15) is 0 Å². The molecule has 1 aliphatic heterocycles. The van der Waals surface area contributed by atoms with Gasteiger partial charge in [-0.3, -0.25) is 4.57 Å². The first-order valence-electron chi connectivity index (χ1n) is 5.81. The molecule has 90 valence electrons. The zero-order chi connectivity index (χ0) is 11.5. The second kappa shape index (κ2) is 4.97. The number of aromatic amines is 1. The highest BCUT2D eigenvalue weighted by Crippen LogP contribution is 2.13. The fraction of sp³-hybridized carbons (Fsp3) is 0.800. The van der Waals surface area contributed by atoms with Crippen molar-refractivity contribution in [2.45, 2.75) is 19.9 Å². The highest BCUT2D eigenvalue weighted by Gasteiger charge is 2.17. The van der Waals surface area contributed by atoms with Crippen molar-refractivity contribution in [3.63, 3.8) is 0 Å². The molecular weight excluding hydrogens is 222 g/mol. The van der Waals surface area contributed by atoms with Crippen molar-refractivity contribution in [3.05, 3.63) is 4.77 Å². The molecule has 1 aromatic rings. The Bertz CT molecular complexity index is 396. The monoisotopic (exact) mass is 241 g/mol. The van der Waals surface area contributed by atoms with Gasteiger partial charge in [0.05, 0.1) is 0 Å². The fourth-order valence-electron chi connectivity index (χ4n) is 2.08. The van der Waals surface area contributed by atoms with Crippen molar-refractivity contribution in [1.29, 1.82) is 0 Å². The number of H-pyrrole nitrogens is 1. The summed E-state index contributed by atoms with van der Waals surface area (Å²) in [6, 6.07) is 0. The lowest BCUT2D eigenvalue weighted by molar-refractivity contribution is 0.360. The molecule has 1 N–H and O–H groups in total. The number of rotatable bonds is 2. The normalized spacial score (nSPS) is 18.8. The summed E-state index contributed by atoms with van der Waals surface area (Å²) >= 11 is 5.21. The van der Waals surface area contributed by atoms with Gasteiger partial charge in [0, 0.05) is 26.2 Å². The molecule has 0 saturated carbocycles. The van der Waals surface area contributed by atoms with Crippen LogP contribution in [0.1, 0.15) is 13.3 Å². The third-order valence-corrected chi connectivity index (χ3v) is 3.37. The Morgan fingerprint density at radius 1 is 1.31 bits per heavy atom. The molecule has 0 aliphatic carbocycles. The first-order valence-corrected chi connectivity index (χ1v) is 6.22. The summed E-state index contributed by atoms with van der Waals surface area (Å²) in [7, 11) is 2.17. The van der Waals surface area contributed by atoms with Crippen molar-refractivity contribution in [2.75, 3.05) is 38.1 Å². The molecule has 0 atom stereocenters. The maximum Gasteiger partial charge on any atom is 0.225 e. The molecule has 0 radical (unpaired) electrons. The van der Waals surface area contributed by atoms with Gasteiger partial charge in [-0.25, -0.2) is 5.10 Å². The van der Waals surface area contributed by atoms with Gasteiger partial charge in [-0.15, -0.1) is 5.10 Å². The smallest absolute Gasteiger partial charge is 0.225 e. The van der Waals surface area contributed by atoms with E-state index in [1.165, 1.54) is 6.42 Å². The van der Waals surface area contributed by atoms with Gasteiger partial charge in [-0.05, 0) is 39.2 Å². The average Bonchev–Trinajstić information content (AvgIpc) is 2.50. The number of hydrogen-bond donors (Lipinski definition) is 1. The van der Waals surface area contributed by atoms with Crippen molar-refractivity contribution in [2.24, 2.45) is 0 Å². The van der Waals surface area contributed by atoms with Crippen LogP contribution < -0.4 is 4.90 Å². The molecule has 0 amide bonds. The Balaban J connectivity index is 2.19. The van der Waals surface area contributed by atoms with E-state index in [1.54, 1.807) is 0 Å². The first-order chi connectivity index (χ1) is 7.72. The van der Waals surface area contributed by atoms with Crippen molar-refractivity contribution in [1.82, 2.24) is 19.7 Å². The lowest BCUT2D eigenvalue weighted by Crippen LogP contribution is -2.30. The minimum absolute atomic E-state index is 0.718. The van der Waals surface area contributed by atoms with E-state index in [-0.39, 0.29) is 0 Å². The molecule has 1 aliphatic rings. The lowest BCUT2D eigenvalue weighted by atomic mass is 10.4. The van der Waals surface area contributed by atoms with Gasteiger partial charge < -0.3 is 9.80 Å². The SMILES string of the molecule is CCn1c(N2CCCN(C)CC2)n[nH]c1=S. The van der Waals surface area contributed by atoms with Crippen LogP contribution in [-0.2, 0) is 6.54 Å². The number of aromatic nitrogens is 3. The van der Waals surface area contributed by atoms with E-state index in [2.05, 4.69) is 38.5 Å². The topological polar surface area (TPSA) is 40.1 Å². The van der Waals surface area contributed by atoms with E-state index in [4.69, 9.17) is 12.2 Å². The van der Waals surface area contributed by atoms with E-state index in [0.717, 1.165) is 43.4 Å². The molecule has 1 aromatic heterocycles. The summed E-state index contributed by atoms with van der Waals surface area (Å²) in [5, 5.41) is 7.21. The van der Waals surface area contributed by atoms with E-state index >= 15 is 0 Å². The van der Waals surface area contributed by atoms with E-state index in [0.29, 0.717) is 0 Å². The molecule has 0 unspecified atom stereocenters. The second-order valence-corrected chi connectivity index (χ2v) is 4.60. The molecule has 0 spiro atoms.